The number of ether oxygens (including phenoxy) is 2. The van der Waals surface area contributed by atoms with E-state index < -0.39 is 0 Å². The summed E-state index contributed by atoms with van der Waals surface area (Å²) in [6.07, 6.45) is 2.96. The second-order valence-corrected chi connectivity index (χ2v) is 7.64. The van der Waals surface area contributed by atoms with E-state index in [1.807, 2.05) is 0 Å². The lowest BCUT2D eigenvalue weighted by atomic mass is 9.65. The van der Waals surface area contributed by atoms with E-state index in [1.165, 1.54) is 5.56 Å². The van der Waals surface area contributed by atoms with Crippen molar-refractivity contribution in [2.24, 2.45) is 11.3 Å². The molecule has 0 bridgehead atoms. The molecule has 1 aliphatic carbocycles. The first-order chi connectivity index (χ1) is 11.2. The summed E-state index contributed by atoms with van der Waals surface area (Å²) in [5, 5.41) is 9.98. The standard InChI is InChI=1S/C19H27NO3/c1-18-14-19(22-9-10-23-19)8-7-17(18)20(12-16(18)13-21)11-15-5-3-2-4-6-15/h2-6,16-17,21H,7-14H2,1H3/t16-,17+,18+/m0/s1. The molecule has 1 saturated carbocycles. The number of aliphatic hydroxyl groups is 1. The minimum absolute atomic E-state index is 0.0616. The Hall–Kier alpha value is -0.940. The molecule has 1 aromatic carbocycles. The SMILES string of the molecule is C[C@]12CC3(CC[C@H]1N(Cc1ccccc1)C[C@H]2CO)OCCO3. The van der Waals surface area contributed by atoms with Crippen molar-refractivity contribution in [3.63, 3.8) is 0 Å². The molecule has 4 heteroatoms. The van der Waals surface area contributed by atoms with Crippen molar-refractivity contribution in [1.82, 2.24) is 4.90 Å². The molecule has 0 radical (unpaired) electrons. The molecule has 23 heavy (non-hydrogen) atoms. The topological polar surface area (TPSA) is 41.9 Å². The van der Waals surface area contributed by atoms with Crippen molar-refractivity contribution in [3.8, 4) is 0 Å². The summed E-state index contributed by atoms with van der Waals surface area (Å²) in [6.45, 7) is 5.91. The third kappa shape index (κ3) is 2.62. The molecule has 2 aliphatic heterocycles. The largest absolute Gasteiger partial charge is 0.396 e. The predicted molar refractivity (Wildman–Crippen MR) is 87.8 cm³/mol. The van der Waals surface area contributed by atoms with Crippen LogP contribution in [-0.2, 0) is 16.0 Å². The highest BCUT2D eigenvalue weighted by Gasteiger charge is 2.58. The fraction of sp³-hybridized carbons (Fsp3) is 0.684. The number of hydrogen-bond donors (Lipinski definition) is 1. The van der Waals surface area contributed by atoms with E-state index in [9.17, 15) is 5.11 Å². The van der Waals surface area contributed by atoms with Gasteiger partial charge in [0.05, 0.1) is 13.2 Å². The van der Waals surface area contributed by atoms with Gasteiger partial charge in [0.2, 0.25) is 0 Å². The summed E-state index contributed by atoms with van der Waals surface area (Å²) < 4.78 is 12.0. The molecule has 2 saturated heterocycles. The number of benzene rings is 1. The van der Waals surface area contributed by atoms with E-state index in [1.54, 1.807) is 0 Å². The van der Waals surface area contributed by atoms with E-state index in [0.717, 1.165) is 32.4 Å². The predicted octanol–water partition coefficient (Wildman–Crippen LogP) is 2.41. The van der Waals surface area contributed by atoms with Gasteiger partial charge in [-0.1, -0.05) is 37.3 Å². The fourth-order valence-corrected chi connectivity index (χ4v) is 5.11. The van der Waals surface area contributed by atoms with Crippen molar-refractivity contribution in [1.29, 1.82) is 0 Å². The molecule has 1 N–H and O–H groups in total. The Kier molecular flexibility index (Phi) is 3.96. The Labute approximate surface area is 138 Å². The second-order valence-electron chi connectivity index (χ2n) is 7.64. The first-order valence-corrected chi connectivity index (χ1v) is 8.82. The zero-order valence-corrected chi connectivity index (χ0v) is 13.9. The molecule has 3 fully saturated rings. The molecule has 2 heterocycles. The average molecular weight is 317 g/mol. The molecule has 1 aromatic rings. The Balaban J connectivity index is 1.56. The van der Waals surface area contributed by atoms with E-state index in [-0.39, 0.29) is 17.8 Å². The van der Waals surface area contributed by atoms with Gasteiger partial charge < -0.3 is 14.6 Å². The number of fused-ring (bicyclic) bond motifs is 1. The Morgan fingerprint density at radius 2 is 1.96 bits per heavy atom. The van der Waals surface area contributed by atoms with Gasteiger partial charge in [-0.25, -0.2) is 0 Å². The van der Waals surface area contributed by atoms with Gasteiger partial charge in [0.25, 0.3) is 0 Å². The molecule has 3 aliphatic rings. The molecule has 0 amide bonds. The first kappa shape index (κ1) is 15.6. The van der Waals surface area contributed by atoms with Crippen LogP contribution in [0.4, 0.5) is 0 Å². The highest BCUT2D eigenvalue weighted by molar-refractivity contribution is 5.16. The van der Waals surface area contributed by atoms with Crippen molar-refractivity contribution in [2.45, 2.75) is 44.6 Å². The highest BCUT2D eigenvalue weighted by atomic mass is 16.7. The third-order valence-electron chi connectivity index (χ3n) is 6.30. The fourth-order valence-electron chi connectivity index (χ4n) is 5.11. The summed E-state index contributed by atoms with van der Waals surface area (Å²) in [4.78, 5) is 2.57. The quantitative estimate of drug-likeness (QED) is 0.929. The van der Waals surface area contributed by atoms with Gasteiger partial charge in [-0.05, 0) is 17.4 Å². The highest BCUT2D eigenvalue weighted by Crippen LogP contribution is 2.55. The maximum Gasteiger partial charge on any atom is 0.169 e. The number of likely N-dealkylation sites (tertiary alicyclic amines) is 1. The Morgan fingerprint density at radius 3 is 2.65 bits per heavy atom. The van der Waals surface area contributed by atoms with Gasteiger partial charge in [-0.15, -0.1) is 0 Å². The van der Waals surface area contributed by atoms with Crippen LogP contribution in [-0.4, -0.2) is 48.2 Å². The van der Waals surface area contributed by atoms with E-state index in [2.05, 4.69) is 42.2 Å². The van der Waals surface area contributed by atoms with Gasteiger partial charge in [0.15, 0.2) is 5.79 Å². The van der Waals surface area contributed by atoms with Crippen LogP contribution >= 0.6 is 0 Å². The van der Waals surface area contributed by atoms with Crippen LogP contribution < -0.4 is 0 Å². The Bertz CT molecular complexity index is 543. The van der Waals surface area contributed by atoms with Gasteiger partial charge in [-0.3, -0.25) is 4.90 Å². The lowest BCUT2D eigenvalue weighted by Crippen LogP contribution is -2.51. The molecule has 4 nitrogen and oxygen atoms in total. The number of nitrogens with zero attached hydrogens (tertiary/aromatic N) is 1. The van der Waals surface area contributed by atoms with Gasteiger partial charge in [0, 0.05) is 44.5 Å². The van der Waals surface area contributed by atoms with E-state index in [4.69, 9.17) is 9.47 Å². The molecule has 4 rings (SSSR count). The lowest BCUT2D eigenvalue weighted by Gasteiger charge is -2.48. The molecule has 3 atom stereocenters. The van der Waals surface area contributed by atoms with E-state index in [0.29, 0.717) is 25.2 Å². The number of hydrogen-bond acceptors (Lipinski definition) is 4. The monoisotopic (exact) mass is 317 g/mol. The maximum absolute atomic E-state index is 9.98. The summed E-state index contributed by atoms with van der Waals surface area (Å²) in [5.74, 6) is -0.0947. The zero-order valence-electron chi connectivity index (χ0n) is 13.9. The second kappa shape index (κ2) is 5.85. The van der Waals surface area contributed by atoms with Crippen LogP contribution in [0.5, 0.6) is 0 Å². The molecule has 0 unspecified atom stereocenters. The normalized spacial score (nSPS) is 36.4. The van der Waals surface area contributed by atoms with Crippen LogP contribution in [0.15, 0.2) is 30.3 Å². The van der Waals surface area contributed by atoms with Crippen molar-refractivity contribution in [2.75, 3.05) is 26.4 Å². The van der Waals surface area contributed by atoms with Gasteiger partial charge in [-0.2, -0.15) is 0 Å². The Morgan fingerprint density at radius 1 is 1.22 bits per heavy atom. The zero-order chi connectivity index (χ0) is 15.9. The number of aliphatic hydroxyl groups excluding tert-OH is 1. The van der Waals surface area contributed by atoms with Crippen LogP contribution in [0.2, 0.25) is 0 Å². The maximum atomic E-state index is 9.98. The van der Waals surface area contributed by atoms with Crippen molar-refractivity contribution >= 4 is 0 Å². The molecular weight excluding hydrogens is 290 g/mol. The van der Waals surface area contributed by atoms with Gasteiger partial charge in [0.1, 0.15) is 0 Å². The summed E-state index contributed by atoms with van der Waals surface area (Å²) in [7, 11) is 0. The summed E-state index contributed by atoms with van der Waals surface area (Å²) in [6, 6.07) is 11.1. The minimum atomic E-state index is -0.387. The van der Waals surface area contributed by atoms with Crippen LogP contribution in [0.3, 0.4) is 0 Å². The average Bonchev–Trinajstić information content (AvgIpc) is 3.10. The van der Waals surface area contributed by atoms with Crippen LogP contribution in [0.1, 0.15) is 31.7 Å². The number of rotatable bonds is 3. The molecule has 1 spiro atoms. The molecule has 126 valence electrons. The van der Waals surface area contributed by atoms with Crippen molar-refractivity contribution < 1.29 is 14.6 Å². The summed E-state index contributed by atoms with van der Waals surface area (Å²) >= 11 is 0. The third-order valence-corrected chi connectivity index (χ3v) is 6.30. The first-order valence-electron chi connectivity index (χ1n) is 8.82. The van der Waals surface area contributed by atoms with Crippen LogP contribution in [0, 0.1) is 11.3 Å². The summed E-state index contributed by atoms with van der Waals surface area (Å²) in [5.41, 5.74) is 1.41. The van der Waals surface area contributed by atoms with E-state index >= 15 is 0 Å². The van der Waals surface area contributed by atoms with Crippen LogP contribution in [0.25, 0.3) is 0 Å². The van der Waals surface area contributed by atoms with Crippen molar-refractivity contribution in [3.05, 3.63) is 35.9 Å². The lowest BCUT2D eigenvalue weighted by molar-refractivity contribution is -0.211. The molecular formula is C19H27NO3. The molecule has 0 aromatic heterocycles. The van der Waals surface area contributed by atoms with Gasteiger partial charge >= 0.3 is 0 Å². The smallest absolute Gasteiger partial charge is 0.169 e. The minimum Gasteiger partial charge on any atom is -0.396 e.